The van der Waals surface area contributed by atoms with Crippen molar-refractivity contribution >= 4 is 17.7 Å². The third-order valence-corrected chi connectivity index (χ3v) is 3.27. The zero-order valence-corrected chi connectivity index (χ0v) is 11.2. The molecule has 0 bridgehead atoms. The standard InChI is InChI=1S/C14H13NO3S/c1-19-11-6-4-10(5-7-11)9-18-12-3-2-8-15-13(12)14(16)17/h2-8H,9H2,1H3,(H,16,17). The minimum Gasteiger partial charge on any atom is -0.486 e. The molecule has 0 radical (unpaired) electrons. The molecule has 5 heteroatoms. The number of rotatable bonds is 5. The minimum atomic E-state index is -1.09. The van der Waals surface area contributed by atoms with Crippen molar-refractivity contribution in [1.82, 2.24) is 4.98 Å². The lowest BCUT2D eigenvalue weighted by atomic mass is 10.2. The third-order valence-electron chi connectivity index (χ3n) is 2.53. The summed E-state index contributed by atoms with van der Waals surface area (Å²) in [6.07, 6.45) is 3.45. The van der Waals surface area contributed by atoms with Crippen LogP contribution >= 0.6 is 11.8 Å². The molecule has 0 saturated carbocycles. The molecule has 4 nitrogen and oxygen atoms in total. The van der Waals surface area contributed by atoms with Gasteiger partial charge in [0.1, 0.15) is 6.61 Å². The van der Waals surface area contributed by atoms with Crippen LogP contribution in [0.2, 0.25) is 0 Å². The van der Waals surface area contributed by atoms with Gasteiger partial charge in [0.25, 0.3) is 0 Å². The zero-order valence-electron chi connectivity index (χ0n) is 10.4. The molecule has 1 aromatic carbocycles. The molecule has 19 heavy (non-hydrogen) atoms. The molecule has 98 valence electrons. The van der Waals surface area contributed by atoms with E-state index in [-0.39, 0.29) is 11.4 Å². The molecule has 0 aliphatic rings. The first-order valence-corrected chi connectivity index (χ1v) is 6.87. The predicted octanol–water partition coefficient (Wildman–Crippen LogP) is 3.08. The Morgan fingerprint density at radius 1 is 1.32 bits per heavy atom. The van der Waals surface area contributed by atoms with Crippen LogP contribution in [0.1, 0.15) is 16.1 Å². The summed E-state index contributed by atoms with van der Waals surface area (Å²) in [5, 5.41) is 8.99. The molecule has 2 rings (SSSR count). The Morgan fingerprint density at radius 3 is 2.68 bits per heavy atom. The summed E-state index contributed by atoms with van der Waals surface area (Å²) in [5.41, 5.74) is 0.918. The van der Waals surface area contributed by atoms with Crippen LogP contribution in [0.5, 0.6) is 5.75 Å². The largest absolute Gasteiger partial charge is 0.486 e. The van der Waals surface area contributed by atoms with E-state index in [9.17, 15) is 4.79 Å². The van der Waals surface area contributed by atoms with E-state index in [1.807, 2.05) is 30.5 Å². The highest BCUT2D eigenvalue weighted by Crippen LogP contribution is 2.19. The van der Waals surface area contributed by atoms with E-state index >= 15 is 0 Å². The maximum Gasteiger partial charge on any atom is 0.358 e. The Morgan fingerprint density at radius 2 is 2.05 bits per heavy atom. The predicted molar refractivity (Wildman–Crippen MR) is 73.8 cm³/mol. The number of carboxylic acids is 1. The number of pyridine rings is 1. The summed E-state index contributed by atoms with van der Waals surface area (Å²) in [7, 11) is 0. The molecule has 0 aliphatic carbocycles. The highest BCUT2D eigenvalue weighted by Gasteiger charge is 2.11. The van der Waals surface area contributed by atoms with Crippen molar-refractivity contribution in [2.75, 3.05) is 6.26 Å². The maximum absolute atomic E-state index is 11.0. The van der Waals surface area contributed by atoms with Crippen molar-refractivity contribution in [3.05, 3.63) is 53.9 Å². The topological polar surface area (TPSA) is 59.4 Å². The van der Waals surface area contributed by atoms with Crippen LogP contribution in [-0.2, 0) is 6.61 Å². The van der Waals surface area contributed by atoms with E-state index in [0.29, 0.717) is 6.61 Å². The maximum atomic E-state index is 11.0. The summed E-state index contributed by atoms with van der Waals surface area (Å²) in [6, 6.07) is 11.2. The number of carbonyl (C=O) groups is 1. The van der Waals surface area contributed by atoms with Gasteiger partial charge < -0.3 is 9.84 Å². The number of carboxylic acid groups (broad SMARTS) is 1. The van der Waals surface area contributed by atoms with Gasteiger partial charge in [0, 0.05) is 11.1 Å². The molecule has 0 atom stereocenters. The van der Waals surface area contributed by atoms with Crippen molar-refractivity contribution in [3.63, 3.8) is 0 Å². The molecule has 2 aromatic rings. The lowest BCUT2D eigenvalue weighted by Gasteiger charge is -2.08. The van der Waals surface area contributed by atoms with Gasteiger partial charge in [0.15, 0.2) is 11.4 Å². The van der Waals surface area contributed by atoms with Gasteiger partial charge in [-0.05, 0) is 36.1 Å². The van der Waals surface area contributed by atoms with Gasteiger partial charge in [-0.25, -0.2) is 9.78 Å². The molecule has 0 aliphatic heterocycles. The number of aromatic nitrogens is 1. The fraction of sp³-hybridized carbons (Fsp3) is 0.143. The van der Waals surface area contributed by atoms with Crippen LogP contribution in [0.25, 0.3) is 0 Å². The molecule has 0 fully saturated rings. The lowest BCUT2D eigenvalue weighted by molar-refractivity contribution is 0.0685. The van der Waals surface area contributed by atoms with E-state index in [0.717, 1.165) is 5.56 Å². The second kappa shape index (κ2) is 6.24. The SMILES string of the molecule is CSc1ccc(COc2cccnc2C(=O)O)cc1. The molecule has 1 aromatic heterocycles. The zero-order chi connectivity index (χ0) is 13.7. The second-order valence-corrected chi connectivity index (χ2v) is 4.67. The highest BCUT2D eigenvalue weighted by atomic mass is 32.2. The molecule has 0 saturated heterocycles. The van der Waals surface area contributed by atoms with Gasteiger partial charge in [-0.2, -0.15) is 0 Å². The van der Waals surface area contributed by atoms with Gasteiger partial charge in [-0.15, -0.1) is 11.8 Å². The molecular formula is C14H13NO3S. The van der Waals surface area contributed by atoms with Crippen LogP contribution < -0.4 is 4.74 Å². The van der Waals surface area contributed by atoms with E-state index in [2.05, 4.69) is 4.98 Å². The van der Waals surface area contributed by atoms with Crippen molar-refractivity contribution in [3.8, 4) is 5.75 Å². The summed E-state index contributed by atoms with van der Waals surface area (Å²) in [6.45, 7) is 0.320. The van der Waals surface area contributed by atoms with Gasteiger partial charge >= 0.3 is 5.97 Å². The van der Waals surface area contributed by atoms with Crippen molar-refractivity contribution in [1.29, 1.82) is 0 Å². The Kier molecular flexibility index (Phi) is 4.41. The van der Waals surface area contributed by atoms with Crippen molar-refractivity contribution in [2.24, 2.45) is 0 Å². The van der Waals surface area contributed by atoms with Gasteiger partial charge in [-0.3, -0.25) is 0 Å². The molecule has 0 spiro atoms. The van der Waals surface area contributed by atoms with Gasteiger partial charge in [0.05, 0.1) is 0 Å². The van der Waals surface area contributed by atoms with Crippen molar-refractivity contribution in [2.45, 2.75) is 11.5 Å². The van der Waals surface area contributed by atoms with E-state index in [1.54, 1.807) is 23.9 Å². The number of benzene rings is 1. The first-order chi connectivity index (χ1) is 9.20. The fourth-order valence-electron chi connectivity index (χ4n) is 1.55. The number of aromatic carboxylic acids is 1. The first-order valence-electron chi connectivity index (χ1n) is 5.64. The average molecular weight is 275 g/mol. The number of nitrogens with zero attached hydrogens (tertiary/aromatic N) is 1. The summed E-state index contributed by atoms with van der Waals surface area (Å²) in [5.74, 6) is -0.808. The van der Waals surface area contributed by atoms with Crippen molar-refractivity contribution < 1.29 is 14.6 Å². The second-order valence-electron chi connectivity index (χ2n) is 3.79. The number of hydrogen-bond donors (Lipinski definition) is 1. The number of hydrogen-bond acceptors (Lipinski definition) is 4. The average Bonchev–Trinajstić information content (AvgIpc) is 2.46. The number of ether oxygens (including phenoxy) is 1. The molecule has 1 heterocycles. The molecular weight excluding hydrogens is 262 g/mol. The summed E-state index contributed by atoms with van der Waals surface area (Å²) in [4.78, 5) is 15.9. The van der Waals surface area contributed by atoms with Gasteiger partial charge in [0.2, 0.25) is 0 Å². The minimum absolute atomic E-state index is 0.0665. The van der Waals surface area contributed by atoms with E-state index in [1.165, 1.54) is 11.1 Å². The van der Waals surface area contributed by atoms with Crippen LogP contribution in [0.3, 0.4) is 0 Å². The van der Waals surface area contributed by atoms with Gasteiger partial charge in [-0.1, -0.05) is 12.1 Å². The molecule has 1 N–H and O–H groups in total. The smallest absolute Gasteiger partial charge is 0.358 e. The highest BCUT2D eigenvalue weighted by molar-refractivity contribution is 7.98. The van der Waals surface area contributed by atoms with Crippen LogP contribution in [0.15, 0.2) is 47.5 Å². The Bertz CT molecular complexity index is 569. The Balaban J connectivity index is 2.07. The number of thioether (sulfide) groups is 1. The van der Waals surface area contributed by atoms with Crippen LogP contribution in [-0.4, -0.2) is 22.3 Å². The van der Waals surface area contributed by atoms with E-state index in [4.69, 9.17) is 9.84 Å². The quantitative estimate of drug-likeness (QED) is 0.850. The molecule has 0 amide bonds. The summed E-state index contributed by atoms with van der Waals surface area (Å²) >= 11 is 1.67. The monoisotopic (exact) mass is 275 g/mol. The molecule has 0 unspecified atom stereocenters. The lowest BCUT2D eigenvalue weighted by Crippen LogP contribution is -2.05. The van der Waals surface area contributed by atoms with E-state index < -0.39 is 5.97 Å². The first kappa shape index (κ1) is 13.4. The third kappa shape index (κ3) is 3.48. The van der Waals surface area contributed by atoms with Crippen LogP contribution in [0, 0.1) is 0 Å². The fourth-order valence-corrected chi connectivity index (χ4v) is 1.96. The Labute approximate surface area is 115 Å². The normalized spacial score (nSPS) is 10.2. The summed E-state index contributed by atoms with van der Waals surface area (Å²) < 4.78 is 5.51. The van der Waals surface area contributed by atoms with Crippen LogP contribution in [0.4, 0.5) is 0 Å². The Hall–Kier alpha value is -2.01.